The molecule has 6 nitrogen and oxygen atoms in total. The van der Waals surface area contributed by atoms with E-state index in [-0.39, 0.29) is 12.6 Å². The average Bonchev–Trinajstić information content (AvgIpc) is 2.91. The number of nitrogens with one attached hydrogen (secondary N) is 2. The standard InChI is InChI=1S/C16H21ClN4O2/c1-3-14-12(10-21(2)20-14)8-18-16(23)19-9-15(22)11-4-6-13(17)7-5-11/h4-7,10,15,22H,3,8-9H2,1-2H3,(H2,18,19,23). The number of nitrogens with zero attached hydrogens (tertiary/aromatic N) is 2. The molecular formula is C16H21ClN4O2. The highest BCUT2D eigenvalue weighted by Gasteiger charge is 2.11. The maximum absolute atomic E-state index is 11.8. The average molecular weight is 337 g/mol. The van der Waals surface area contributed by atoms with Crippen LogP contribution in [0.3, 0.4) is 0 Å². The van der Waals surface area contributed by atoms with Crippen LogP contribution in [0.2, 0.25) is 5.02 Å². The van der Waals surface area contributed by atoms with Crippen molar-refractivity contribution < 1.29 is 9.90 Å². The van der Waals surface area contributed by atoms with Crippen molar-refractivity contribution in [2.45, 2.75) is 26.0 Å². The van der Waals surface area contributed by atoms with E-state index in [9.17, 15) is 9.90 Å². The summed E-state index contributed by atoms with van der Waals surface area (Å²) in [6.45, 7) is 2.55. The van der Waals surface area contributed by atoms with Crippen molar-refractivity contribution in [3.05, 3.63) is 52.3 Å². The number of aliphatic hydroxyl groups is 1. The van der Waals surface area contributed by atoms with Gasteiger partial charge in [0, 0.05) is 36.9 Å². The lowest BCUT2D eigenvalue weighted by Crippen LogP contribution is -2.37. The second-order valence-electron chi connectivity index (χ2n) is 5.26. The van der Waals surface area contributed by atoms with E-state index in [1.54, 1.807) is 28.9 Å². The van der Waals surface area contributed by atoms with Gasteiger partial charge in [-0.15, -0.1) is 0 Å². The van der Waals surface area contributed by atoms with Gasteiger partial charge in [-0.05, 0) is 24.1 Å². The van der Waals surface area contributed by atoms with Crippen LogP contribution in [0.4, 0.5) is 4.79 Å². The fraction of sp³-hybridized carbons (Fsp3) is 0.375. The van der Waals surface area contributed by atoms with Crippen LogP contribution in [0, 0.1) is 0 Å². The zero-order valence-electron chi connectivity index (χ0n) is 13.2. The molecule has 0 spiro atoms. The molecule has 1 unspecified atom stereocenters. The van der Waals surface area contributed by atoms with Gasteiger partial charge in [-0.2, -0.15) is 5.10 Å². The molecule has 1 heterocycles. The molecule has 23 heavy (non-hydrogen) atoms. The molecule has 0 radical (unpaired) electrons. The summed E-state index contributed by atoms with van der Waals surface area (Å²) in [7, 11) is 1.85. The van der Waals surface area contributed by atoms with Gasteiger partial charge in [0.15, 0.2) is 0 Å². The van der Waals surface area contributed by atoms with Crippen molar-refractivity contribution in [2.75, 3.05) is 6.54 Å². The molecule has 2 aromatic rings. The Balaban J connectivity index is 1.79. The third kappa shape index (κ3) is 4.97. The van der Waals surface area contributed by atoms with Crippen molar-refractivity contribution >= 4 is 17.6 Å². The van der Waals surface area contributed by atoms with Crippen molar-refractivity contribution in [3.8, 4) is 0 Å². The van der Waals surface area contributed by atoms with Gasteiger partial charge < -0.3 is 15.7 Å². The number of halogens is 1. The summed E-state index contributed by atoms with van der Waals surface area (Å²) < 4.78 is 1.73. The van der Waals surface area contributed by atoms with E-state index in [2.05, 4.69) is 15.7 Å². The molecule has 2 rings (SSSR count). The SMILES string of the molecule is CCc1nn(C)cc1CNC(=O)NCC(O)c1ccc(Cl)cc1. The molecule has 7 heteroatoms. The molecule has 124 valence electrons. The van der Waals surface area contributed by atoms with Crippen LogP contribution in [0.5, 0.6) is 0 Å². The lowest BCUT2D eigenvalue weighted by molar-refractivity contribution is 0.173. The second-order valence-corrected chi connectivity index (χ2v) is 5.70. The van der Waals surface area contributed by atoms with Crippen LogP contribution in [0.25, 0.3) is 0 Å². The maximum atomic E-state index is 11.8. The smallest absolute Gasteiger partial charge is 0.315 e. The molecule has 0 fully saturated rings. The minimum absolute atomic E-state index is 0.126. The zero-order valence-corrected chi connectivity index (χ0v) is 14.0. The summed E-state index contributed by atoms with van der Waals surface area (Å²) in [4.78, 5) is 11.8. The van der Waals surface area contributed by atoms with Gasteiger partial charge in [0.25, 0.3) is 0 Å². The first-order valence-electron chi connectivity index (χ1n) is 7.46. The second kappa shape index (κ2) is 7.99. The highest BCUT2D eigenvalue weighted by Crippen LogP contribution is 2.15. The molecule has 0 saturated carbocycles. The number of carbonyl (C=O) groups is 1. The number of aryl methyl sites for hydroxylation is 2. The Morgan fingerprint density at radius 1 is 1.35 bits per heavy atom. The zero-order chi connectivity index (χ0) is 16.8. The highest BCUT2D eigenvalue weighted by atomic mass is 35.5. The molecule has 0 aliphatic heterocycles. The van der Waals surface area contributed by atoms with Crippen molar-refractivity contribution in [1.82, 2.24) is 20.4 Å². The minimum Gasteiger partial charge on any atom is -0.387 e. The Hall–Kier alpha value is -2.05. The van der Waals surface area contributed by atoms with Gasteiger partial charge in [0.2, 0.25) is 0 Å². The fourth-order valence-electron chi connectivity index (χ4n) is 2.26. The third-order valence-electron chi connectivity index (χ3n) is 3.48. The highest BCUT2D eigenvalue weighted by molar-refractivity contribution is 6.30. The van der Waals surface area contributed by atoms with Gasteiger partial charge >= 0.3 is 6.03 Å². The number of urea groups is 1. The van der Waals surface area contributed by atoms with E-state index >= 15 is 0 Å². The van der Waals surface area contributed by atoms with Gasteiger partial charge in [-0.1, -0.05) is 30.7 Å². The summed E-state index contributed by atoms with van der Waals surface area (Å²) in [6, 6.07) is 6.54. The number of aliphatic hydroxyl groups excluding tert-OH is 1. The number of amides is 2. The van der Waals surface area contributed by atoms with Gasteiger partial charge in [0.1, 0.15) is 0 Å². The summed E-state index contributed by atoms with van der Waals surface area (Å²) in [5.74, 6) is 0. The molecule has 0 saturated heterocycles. The largest absolute Gasteiger partial charge is 0.387 e. The van der Waals surface area contributed by atoms with Crippen LogP contribution >= 0.6 is 11.6 Å². The van der Waals surface area contributed by atoms with Gasteiger partial charge in [-0.25, -0.2) is 4.79 Å². The molecule has 0 aliphatic rings. The number of hydrogen-bond donors (Lipinski definition) is 3. The number of carbonyl (C=O) groups excluding carboxylic acids is 1. The number of benzene rings is 1. The Kier molecular flexibility index (Phi) is 6.01. The van der Waals surface area contributed by atoms with Crippen molar-refractivity contribution in [3.63, 3.8) is 0 Å². The number of hydrogen-bond acceptors (Lipinski definition) is 3. The Bertz CT molecular complexity index is 655. The van der Waals surface area contributed by atoms with Crippen molar-refractivity contribution in [2.24, 2.45) is 7.05 Å². The first kappa shape index (κ1) is 17.3. The Morgan fingerprint density at radius 3 is 2.70 bits per heavy atom. The lowest BCUT2D eigenvalue weighted by atomic mass is 10.1. The molecule has 1 aromatic carbocycles. The van der Waals surface area contributed by atoms with E-state index in [1.807, 2.05) is 20.2 Å². The number of rotatable bonds is 6. The van der Waals surface area contributed by atoms with Crippen LogP contribution in [0.15, 0.2) is 30.5 Å². The summed E-state index contributed by atoms with van der Waals surface area (Å²) in [5, 5.41) is 20.4. The number of aromatic nitrogens is 2. The predicted octanol–water partition coefficient (Wildman–Crippen LogP) is 2.17. The van der Waals surface area contributed by atoms with E-state index in [0.717, 1.165) is 17.7 Å². The van der Waals surface area contributed by atoms with Crippen molar-refractivity contribution in [1.29, 1.82) is 0 Å². The maximum Gasteiger partial charge on any atom is 0.315 e. The summed E-state index contributed by atoms with van der Waals surface area (Å²) in [6.07, 6.45) is 1.93. The van der Waals surface area contributed by atoms with E-state index in [0.29, 0.717) is 17.1 Å². The normalized spacial score (nSPS) is 12.0. The minimum atomic E-state index is -0.775. The molecular weight excluding hydrogens is 316 g/mol. The monoisotopic (exact) mass is 336 g/mol. The molecule has 1 atom stereocenters. The van der Waals surface area contributed by atoms with Gasteiger partial charge in [-0.3, -0.25) is 4.68 Å². The van der Waals surface area contributed by atoms with E-state index in [4.69, 9.17) is 11.6 Å². The summed E-state index contributed by atoms with van der Waals surface area (Å²) in [5.41, 5.74) is 2.66. The van der Waals surface area contributed by atoms with Crippen LogP contribution < -0.4 is 10.6 Å². The molecule has 0 aliphatic carbocycles. The fourth-order valence-corrected chi connectivity index (χ4v) is 2.39. The predicted molar refractivity (Wildman–Crippen MR) is 89.2 cm³/mol. The Morgan fingerprint density at radius 2 is 2.04 bits per heavy atom. The lowest BCUT2D eigenvalue weighted by Gasteiger charge is -2.13. The third-order valence-corrected chi connectivity index (χ3v) is 3.73. The molecule has 3 N–H and O–H groups in total. The first-order chi connectivity index (χ1) is 11.0. The molecule has 2 amide bonds. The first-order valence-corrected chi connectivity index (χ1v) is 7.84. The quantitative estimate of drug-likeness (QED) is 0.756. The topological polar surface area (TPSA) is 79.2 Å². The van der Waals surface area contributed by atoms with Crippen LogP contribution in [-0.4, -0.2) is 27.5 Å². The summed E-state index contributed by atoms with van der Waals surface area (Å²) >= 11 is 5.80. The molecule has 1 aromatic heterocycles. The van der Waals surface area contributed by atoms with E-state index in [1.165, 1.54) is 0 Å². The Labute approximate surface area is 140 Å². The van der Waals surface area contributed by atoms with Crippen LogP contribution in [0.1, 0.15) is 29.8 Å². The van der Waals surface area contributed by atoms with E-state index < -0.39 is 6.10 Å². The van der Waals surface area contributed by atoms with Gasteiger partial charge in [0.05, 0.1) is 11.8 Å². The van der Waals surface area contributed by atoms with Crippen LogP contribution in [-0.2, 0) is 20.0 Å². The molecule has 0 bridgehead atoms.